The second-order valence-electron chi connectivity index (χ2n) is 11.1. The van der Waals surface area contributed by atoms with Gasteiger partial charge >= 0.3 is 18.6 Å². The Hall–Kier alpha value is -3.93. The zero-order chi connectivity index (χ0) is 34.3. The minimum absolute atomic E-state index is 0.0739. The molecular weight excluding hydrogens is 686 g/mol. The van der Waals surface area contributed by atoms with Gasteiger partial charge in [-0.15, -0.1) is 9.42 Å². The minimum Gasteiger partial charge on any atom is -0.394 e. The number of anilines is 1. The van der Waals surface area contributed by atoms with Crippen molar-refractivity contribution in [3.8, 4) is 0 Å². The summed E-state index contributed by atoms with van der Waals surface area (Å²) in [5.74, 6) is -1.04. The Morgan fingerprint density at radius 3 is 2.69 bits per heavy atom. The van der Waals surface area contributed by atoms with E-state index in [0.717, 1.165) is 0 Å². The molecule has 0 radical (unpaired) electrons. The molecule has 1 amide bonds. The van der Waals surface area contributed by atoms with Gasteiger partial charge in [0.05, 0.1) is 31.6 Å². The predicted molar refractivity (Wildman–Crippen MR) is 158 cm³/mol. The largest absolute Gasteiger partial charge is 0.695 e. The number of nitrogens with zero attached hydrogens (tertiary/aromatic N) is 7. The summed E-state index contributed by atoms with van der Waals surface area (Å²) in [7, 11) is -8.02. The predicted octanol–water partition coefficient (Wildman–Crippen LogP) is -0.676. The van der Waals surface area contributed by atoms with E-state index in [4.69, 9.17) is 18.2 Å². The molecule has 0 bridgehead atoms. The number of carbonyl (C=O) groups excluding carboxylic acids is 1. The molecule has 2 fully saturated rings. The van der Waals surface area contributed by atoms with Crippen molar-refractivity contribution in [1.82, 2.24) is 43.8 Å². The third-order valence-corrected chi connectivity index (χ3v) is 8.97. The van der Waals surface area contributed by atoms with Crippen molar-refractivity contribution in [3.05, 3.63) is 35.5 Å². The molecular formula is C24H29FN10O11PS+. The number of hydrogen-bond donors (Lipinski definition) is 5. The summed E-state index contributed by atoms with van der Waals surface area (Å²) in [6.07, 6.45) is -5.28. The molecule has 48 heavy (non-hydrogen) atoms. The van der Waals surface area contributed by atoms with Crippen LogP contribution in [-0.2, 0) is 37.8 Å². The van der Waals surface area contributed by atoms with Crippen LogP contribution in [0.5, 0.6) is 0 Å². The second-order valence-corrected chi connectivity index (χ2v) is 13.2. The monoisotopic (exact) mass is 715 g/mol. The molecule has 8 atom stereocenters. The van der Waals surface area contributed by atoms with E-state index in [1.54, 1.807) is 13.8 Å². The lowest BCUT2D eigenvalue weighted by Crippen LogP contribution is -2.41. The average molecular weight is 716 g/mol. The molecule has 6 heterocycles. The quantitative estimate of drug-likeness (QED) is 0.114. The molecule has 0 spiro atoms. The van der Waals surface area contributed by atoms with E-state index in [-0.39, 0.29) is 29.2 Å². The minimum atomic E-state index is -4.70. The van der Waals surface area contributed by atoms with Gasteiger partial charge in [-0.1, -0.05) is 13.8 Å². The molecule has 258 valence electrons. The van der Waals surface area contributed by atoms with Gasteiger partial charge in [-0.05, 0) is 0 Å². The molecule has 2 aliphatic rings. The maximum absolute atomic E-state index is 15.6. The molecule has 2 saturated heterocycles. The number of amides is 1. The number of aromatic nitrogens is 8. The average Bonchev–Trinajstić information content (AvgIpc) is 3.81. The van der Waals surface area contributed by atoms with E-state index in [0.29, 0.717) is 5.52 Å². The molecule has 0 aromatic carbocycles. The van der Waals surface area contributed by atoms with Gasteiger partial charge in [-0.25, -0.2) is 28.5 Å². The lowest BCUT2D eigenvalue weighted by molar-refractivity contribution is -0.118. The maximum atomic E-state index is 15.6. The van der Waals surface area contributed by atoms with Gasteiger partial charge in [-0.2, -0.15) is 18.1 Å². The van der Waals surface area contributed by atoms with Crippen LogP contribution in [0.4, 0.5) is 10.3 Å². The van der Waals surface area contributed by atoms with Crippen LogP contribution in [-0.4, -0.2) is 107 Å². The number of hydrogen-bond acceptors (Lipinski definition) is 15. The molecule has 4 aromatic heterocycles. The summed E-state index contributed by atoms with van der Waals surface area (Å²) >= 11 is 0. The number of ether oxygens (including phenoxy) is 2. The molecule has 4 aromatic rings. The van der Waals surface area contributed by atoms with Crippen molar-refractivity contribution in [1.29, 1.82) is 0 Å². The van der Waals surface area contributed by atoms with E-state index < -0.39 is 92.1 Å². The van der Waals surface area contributed by atoms with Crippen LogP contribution in [0.25, 0.3) is 22.3 Å². The van der Waals surface area contributed by atoms with Crippen molar-refractivity contribution in [2.75, 3.05) is 18.5 Å². The number of aliphatic hydroxyl groups is 1. The Kier molecular flexibility index (Phi) is 9.57. The van der Waals surface area contributed by atoms with Crippen LogP contribution in [0.2, 0.25) is 0 Å². The third-order valence-electron chi connectivity index (χ3n) is 7.52. The molecule has 24 heteroatoms. The molecule has 0 saturated carbocycles. The number of rotatable bonds is 12. The Bertz CT molecular complexity index is 2010. The third kappa shape index (κ3) is 6.81. The SMILES string of the molecule is CC(C)C(=O)Nc1nc2c(ncn2[C@@H]2O[C@H](CO)C[C@H]2OS(=O)(=O)NC[C@H]2O[C@@H](n3cnc4cncnc43)[C@H](F)[C@@H]2O[P+](=O)O)c(=O)[nH]1. The van der Waals surface area contributed by atoms with E-state index in [1.807, 2.05) is 0 Å². The number of alkyl halides is 1. The first-order chi connectivity index (χ1) is 22.8. The highest BCUT2D eigenvalue weighted by Gasteiger charge is 2.52. The van der Waals surface area contributed by atoms with Crippen LogP contribution >= 0.6 is 8.25 Å². The highest BCUT2D eigenvalue weighted by Crippen LogP contribution is 2.39. The number of fused-ring (bicyclic) bond motifs is 2. The topological polar surface area (TPSA) is 277 Å². The van der Waals surface area contributed by atoms with Gasteiger partial charge in [0, 0.05) is 23.4 Å². The molecule has 1 unspecified atom stereocenters. The fourth-order valence-electron chi connectivity index (χ4n) is 5.26. The van der Waals surface area contributed by atoms with Crippen molar-refractivity contribution in [2.45, 2.75) is 63.3 Å². The molecule has 5 N–H and O–H groups in total. The van der Waals surface area contributed by atoms with Crippen molar-refractivity contribution < 1.29 is 50.3 Å². The lowest BCUT2D eigenvalue weighted by Gasteiger charge is -2.21. The van der Waals surface area contributed by atoms with Crippen LogP contribution < -0.4 is 15.6 Å². The number of imidazole rings is 2. The Labute approximate surface area is 270 Å². The summed E-state index contributed by atoms with van der Waals surface area (Å²) in [6, 6.07) is 0. The van der Waals surface area contributed by atoms with Crippen molar-refractivity contribution in [2.24, 2.45) is 5.92 Å². The number of halogens is 1. The Balaban J connectivity index is 1.21. The van der Waals surface area contributed by atoms with E-state index >= 15 is 4.39 Å². The Morgan fingerprint density at radius 1 is 1.21 bits per heavy atom. The van der Waals surface area contributed by atoms with Gasteiger partial charge in [0.25, 0.3) is 5.56 Å². The first kappa shape index (κ1) is 34.0. The summed E-state index contributed by atoms with van der Waals surface area (Å²) in [6.45, 7) is 2.10. The highest BCUT2D eigenvalue weighted by atomic mass is 32.2. The summed E-state index contributed by atoms with van der Waals surface area (Å²) in [5, 5.41) is 12.3. The zero-order valence-electron chi connectivity index (χ0n) is 25.0. The van der Waals surface area contributed by atoms with E-state index in [1.165, 1.54) is 34.3 Å². The lowest BCUT2D eigenvalue weighted by atomic mass is 10.1. The van der Waals surface area contributed by atoms with Crippen molar-refractivity contribution in [3.63, 3.8) is 0 Å². The normalized spacial score (nSPS) is 26.5. The molecule has 6 rings (SSSR count). The number of H-pyrrole nitrogens is 1. The molecule has 2 aliphatic heterocycles. The van der Waals surface area contributed by atoms with Crippen LogP contribution in [0.3, 0.4) is 0 Å². The number of carbonyl (C=O) groups is 1. The standard InChI is InChI=1S/C24H28FN10O11PS/c1-10(2)20(37)32-24-31-19-16(21(38)33-24)29-9-35(19)22-13(3-11(6-36)43-22)46-48(41,42)30-5-14-17(45-47(39)40)15(25)23(44-14)34-8-28-12-4-26-7-27-18(12)34/h4,7-11,13-15,17,22-23,30,36H,3,5-6H2,1-2H3,(H2-,31,32,33,37,38,39,40)/p+1/t11-,13+,14+,15+,17+,22+,23+/m0/s1. The van der Waals surface area contributed by atoms with E-state index in [9.17, 15) is 32.6 Å². The molecule has 21 nitrogen and oxygen atoms in total. The van der Waals surface area contributed by atoms with Crippen LogP contribution in [0, 0.1) is 5.92 Å². The van der Waals surface area contributed by atoms with Gasteiger partial charge < -0.3 is 14.6 Å². The smallest absolute Gasteiger partial charge is 0.394 e. The fourth-order valence-corrected chi connectivity index (χ4v) is 6.66. The number of nitrogens with one attached hydrogen (secondary N) is 3. The Morgan fingerprint density at radius 2 is 1.96 bits per heavy atom. The molecule has 0 aliphatic carbocycles. The van der Waals surface area contributed by atoms with Crippen molar-refractivity contribution >= 4 is 52.7 Å². The van der Waals surface area contributed by atoms with Crippen LogP contribution in [0.15, 0.2) is 30.0 Å². The summed E-state index contributed by atoms with van der Waals surface area (Å²) in [5.41, 5.74) is -0.409. The van der Waals surface area contributed by atoms with Gasteiger partial charge in [-0.3, -0.25) is 29.0 Å². The van der Waals surface area contributed by atoms with Gasteiger partial charge in [0.2, 0.25) is 11.9 Å². The van der Waals surface area contributed by atoms with Gasteiger partial charge in [0.1, 0.15) is 24.1 Å². The fraction of sp³-hybridized carbons (Fsp3) is 0.542. The maximum Gasteiger partial charge on any atom is 0.695 e. The number of aliphatic hydroxyl groups excluding tert-OH is 1. The summed E-state index contributed by atoms with van der Waals surface area (Å²) < 4.78 is 79.9. The second kappa shape index (κ2) is 13.5. The first-order valence-corrected chi connectivity index (χ1v) is 16.9. The highest BCUT2D eigenvalue weighted by molar-refractivity contribution is 7.84. The van der Waals surface area contributed by atoms with E-state index in [2.05, 4.69) is 39.9 Å². The van der Waals surface area contributed by atoms with Crippen LogP contribution in [0.1, 0.15) is 32.7 Å². The first-order valence-electron chi connectivity index (χ1n) is 14.3. The summed E-state index contributed by atoms with van der Waals surface area (Å²) in [4.78, 5) is 56.9. The number of aromatic amines is 1. The zero-order valence-corrected chi connectivity index (χ0v) is 26.7. The van der Waals surface area contributed by atoms with Gasteiger partial charge in [0.15, 0.2) is 41.5 Å².